The summed E-state index contributed by atoms with van der Waals surface area (Å²) in [6, 6.07) is 0.362. The summed E-state index contributed by atoms with van der Waals surface area (Å²) in [6.45, 7) is 9.88. The molecule has 0 aromatic rings. The minimum atomic E-state index is -0.316. The van der Waals surface area contributed by atoms with Crippen LogP contribution in [0.3, 0.4) is 0 Å². The van der Waals surface area contributed by atoms with Crippen molar-refractivity contribution in [3.63, 3.8) is 0 Å². The van der Waals surface area contributed by atoms with Crippen LogP contribution in [0.25, 0.3) is 0 Å². The fourth-order valence-corrected chi connectivity index (χ4v) is 2.65. The molecule has 0 aliphatic carbocycles. The van der Waals surface area contributed by atoms with E-state index in [4.69, 9.17) is 4.74 Å². The third-order valence-corrected chi connectivity index (χ3v) is 3.50. The Bertz CT molecular complexity index is 331. The van der Waals surface area contributed by atoms with E-state index in [1.165, 1.54) is 0 Å². The highest BCUT2D eigenvalue weighted by atomic mass is 16.5. The summed E-state index contributed by atoms with van der Waals surface area (Å²) in [6.07, 6.45) is 1.69. The molecule has 0 radical (unpaired) electrons. The molecule has 0 aromatic heterocycles. The Morgan fingerprint density at radius 1 is 1.40 bits per heavy atom. The van der Waals surface area contributed by atoms with E-state index in [0.29, 0.717) is 25.1 Å². The van der Waals surface area contributed by atoms with Crippen molar-refractivity contribution in [2.45, 2.75) is 46.6 Å². The van der Waals surface area contributed by atoms with E-state index in [9.17, 15) is 9.59 Å². The lowest BCUT2D eigenvalue weighted by atomic mass is 9.91. The van der Waals surface area contributed by atoms with E-state index < -0.39 is 0 Å². The Morgan fingerprint density at radius 2 is 2.10 bits per heavy atom. The van der Waals surface area contributed by atoms with Crippen LogP contribution in [-0.2, 0) is 14.3 Å². The summed E-state index contributed by atoms with van der Waals surface area (Å²) < 4.78 is 4.97. The molecule has 1 amide bonds. The molecule has 0 saturated carbocycles. The van der Waals surface area contributed by atoms with Crippen LogP contribution in [0.15, 0.2) is 0 Å². The Labute approximate surface area is 122 Å². The van der Waals surface area contributed by atoms with E-state index >= 15 is 0 Å². The predicted octanol–water partition coefficient (Wildman–Crippen LogP) is 1.42. The van der Waals surface area contributed by atoms with Gasteiger partial charge in [-0.2, -0.15) is 0 Å². The van der Waals surface area contributed by atoms with Gasteiger partial charge in [-0.1, -0.05) is 13.8 Å². The van der Waals surface area contributed by atoms with Gasteiger partial charge in [0.15, 0.2) is 0 Å². The van der Waals surface area contributed by atoms with Gasteiger partial charge >= 0.3 is 5.97 Å². The molecule has 116 valence electrons. The number of hydrogen-bond donors (Lipinski definition) is 1. The Hall–Kier alpha value is -1.10. The highest BCUT2D eigenvalue weighted by Gasteiger charge is 2.30. The lowest BCUT2D eigenvalue weighted by Gasteiger charge is -2.32. The summed E-state index contributed by atoms with van der Waals surface area (Å²) in [4.78, 5) is 25.9. The molecule has 5 heteroatoms. The molecule has 1 heterocycles. The molecule has 2 unspecified atom stereocenters. The second-order valence-electron chi connectivity index (χ2n) is 5.99. The summed E-state index contributed by atoms with van der Waals surface area (Å²) in [5.74, 6) is 0.149. The Kier molecular flexibility index (Phi) is 6.99. The molecular formula is C15H28N2O3. The zero-order chi connectivity index (χ0) is 15.1. The van der Waals surface area contributed by atoms with Crippen molar-refractivity contribution >= 4 is 11.9 Å². The maximum atomic E-state index is 12.6. The van der Waals surface area contributed by atoms with Crippen LogP contribution in [0, 0.1) is 11.8 Å². The molecule has 0 aromatic carbocycles. The minimum Gasteiger partial charge on any atom is -0.465 e. The second kappa shape index (κ2) is 8.25. The number of esters is 1. The van der Waals surface area contributed by atoms with Gasteiger partial charge in [0.1, 0.15) is 6.54 Å². The molecule has 1 rings (SSSR count). The monoisotopic (exact) mass is 284 g/mol. The van der Waals surface area contributed by atoms with Crippen molar-refractivity contribution in [2.75, 3.05) is 26.2 Å². The summed E-state index contributed by atoms with van der Waals surface area (Å²) >= 11 is 0. The lowest BCUT2D eigenvalue weighted by molar-refractivity contribution is -0.151. The number of rotatable bonds is 6. The molecule has 20 heavy (non-hydrogen) atoms. The molecule has 1 aliphatic heterocycles. The van der Waals surface area contributed by atoms with Gasteiger partial charge in [-0.05, 0) is 39.2 Å². The number of nitrogens with zero attached hydrogens (tertiary/aromatic N) is 1. The van der Waals surface area contributed by atoms with E-state index in [-0.39, 0.29) is 24.3 Å². The normalized spacial score (nSPS) is 22.6. The first-order chi connectivity index (χ1) is 9.43. The van der Waals surface area contributed by atoms with E-state index in [2.05, 4.69) is 26.1 Å². The number of hydrogen-bond acceptors (Lipinski definition) is 4. The van der Waals surface area contributed by atoms with Gasteiger partial charge in [-0.15, -0.1) is 0 Å². The van der Waals surface area contributed by atoms with Gasteiger partial charge in [-0.25, -0.2) is 0 Å². The molecule has 1 N–H and O–H groups in total. The molecule has 1 fully saturated rings. The van der Waals surface area contributed by atoms with Crippen molar-refractivity contribution in [3.8, 4) is 0 Å². The highest BCUT2D eigenvalue weighted by Crippen LogP contribution is 2.19. The van der Waals surface area contributed by atoms with Crippen molar-refractivity contribution in [3.05, 3.63) is 0 Å². The van der Waals surface area contributed by atoms with Crippen molar-refractivity contribution in [1.29, 1.82) is 0 Å². The van der Waals surface area contributed by atoms with Crippen LogP contribution in [0.2, 0.25) is 0 Å². The molecule has 1 saturated heterocycles. The Morgan fingerprint density at radius 3 is 2.65 bits per heavy atom. The maximum Gasteiger partial charge on any atom is 0.325 e. The number of amides is 1. The Balaban J connectivity index is 2.65. The van der Waals surface area contributed by atoms with Gasteiger partial charge < -0.3 is 15.0 Å². The highest BCUT2D eigenvalue weighted by molar-refractivity contribution is 5.83. The lowest BCUT2D eigenvalue weighted by Crippen LogP contribution is -2.46. The second-order valence-corrected chi connectivity index (χ2v) is 5.99. The third-order valence-electron chi connectivity index (χ3n) is 3.50. The molecular weight excluding hydrogens is 256 g/mol. The van der Waals surface area contributed by atoms with Crippen LogP contribution >= 0.6 is 0 Å². The van der Waals surface area contributed by atoms with Gasteiger partial charge in [-0.3, -0.25) is 9.59 Å². The van der Waals surface area contributed by atoms with E-state index in [1.54, 1.807) is 11.8 Å². The minimum absolute atomic E-state index is 0.0272. The van der Waals surface area contributed by atoms with Crippen molar-refractivity contribution in [2.24, 2.45) is 11.8 Å². The average Bonchev–Trinajstić information content (AvgIpc) is 2.37. The van der Waals surface area contributed by atoms with Crippen LogP contribution in [0.4, 0.5) is 0 Å². The SMILES string of the molecule is CCOC(=O)CN(CC(C)C)C(=O)C1CCNC(C)C1. The number of carbonyl (C=O) groups excluding carboxylic acids is 2. The molecule has 2 atom stereocenters. The smallest absolute Gasteiger partial charge is 0.325 e. The molecule has 1 aliphatic rings. The van der Waals surface area contributed by atoms with Crippen molar-refractivity contribution < 1.29 is 14.3 Å². The number of ether oxygens (including phenoxy) is 1. The standard InChI is InChI=1S/C15H28N2O3/c1-5-20-14(18)10-17(9-11(2)3)15(19)13-6-7-16-12(4)8-13/h11-13,16H,5-10H2,1-4H3. The van der Waals surface area contributed by atoms with Crippen molar-refractivity contribution in [1.82, 2.24) is 10.2 Å². The van der Waals surface area contributed by atoms with Crippen LogP contribution in [0.5, 0.6) is 0 Å². The summed E-state index contributed by atoms with van der Waals surface area (Å²) in [5, 5.41) is 3.35. The first-order valence-electron chi connectivity index (χ1n) is 7.61. The molecule has 0 bridgehead atoms. The number of nitrogens with one attached hydrogen (secondary N) is 1. The quantitative estimate of drug-likeness (QED) is 0.750. The number of piperidine rings is 1. The van der Waals surface area contributed by atoms with Gasteiger partial charge in [0, 0.05) is 18.5 Å². The summed E-state index contributed by atoms with van der Waals surface area (Å²) in [7, 11) is 0. The fraction of sp³-hybridized carbons (Fsp3) is 0.867. The van der Waals surface area contributed by atoms with Crippen LogP contribution in [-0.4, -0.2) is 49.1 Å². The molecule has 0 spiro atoms. The first-order valence-corrected chi connectivity index (χ1v) is 7.61. The van der Waals surface area contributed by atoms with Gasteiger partial charge in [0.2, 0.25) is 5.91 Å². The maximum absolute atomic E-state index is 12.6. The number of carbonyl (C=O) groups is 2. The van der Waals surface area contributed by atoms with Crippen LogP contribution < -0.4 is 5.32 Å². The predicted molar refractivity (Wildman–Crippen MR) is 78.2 cm³/mol. The van der Waals surface area contributed by atoms with Gasteiger partial charge in [0.05, 0.1) is 6.61 Å². The topological polar surface area (TPSA) is 58.6 Å². The van der Waals surface area contributed by atoms with E-state index in [1.807, 2.05) is 0 Å². The fourth-order valence-electron chi connectivity index (χ4n) is 2.65. The largest absolute Gasteiger partial charge is 0.465 e. The average molecular weight is 284 g/mol. The zero-order valence-corrected chi connectivity index (χ0v) is 13.1. The first kappa shape index (κ1) is 17.0. The molecule has 5 nitrogen and oxygen atoms in total. The van der Waals surface area contributed by atoms with Gasteiger partial charge in [0.25, 0.3) is 0 Å². The zero-order valence-electron chi connectivity index (χ0n) is 13.1. The van der Waals surface area contributed by atoms with E-state index in [0.717, 1.165) is 19.4 Å². The summed E-state index contributed by atoms with van der Waals surface area (Å²) in [5.41, 5.74) is 0. The third kappa shape index (κ3) is 5.49. The van der Waals surface area contributed by atoms with Crippen LogP contribution in [0.1, 0.15) is 40.5 Å².